The highest BCUT2D eigenvalue weighted by Gasteiger charge is 2.43. The van der Waals surface area contributed by atoms with E-state index in [1.807, 2.05) is 0 Å². The second-order valence-corrected chi connectivity index (χ2v) is 5.28. The van der Waals surface area contributed by atoms with Crippen LogP contribution in [0.4, 0.5) is 5.69 Å². The lowest BCUT2D eigenvalue weighted by Crippen LogP contribution is -2.26. The summed E-state index contributed by atoms with van der Waals surface area (Å²) in [5.41, 5.74) is 1.17. The van der Waals surface area contributed by atoms with Gasteiger partial charge in [0, 0.05) is 36.5 Å². The summed E-state index contributed by atoms with van der Waals surface area (Å²) in [7, 11) is 0. The average molecular weight is 287 g/mol. The summed E-state index contributed by atoms with van der Waals surface area (Å²) in [5, 5.41) is 10.6. The van der Waals surface area contributed by atoms with Crippen LogP contribution in [0.2, 0.25) is 0 Å². The van der Waals surface area contributed by atoms with Crippen molar-refractivity contribution in [2.75, 3.05) is 0 Å². The lowest BCUT2D eigenvalue weighted by atomic mass is 9.82. The van der Waals surface area contributed by atoms with Gasteiger partial charge in [0.15, 0.2) is 0 Å². The topological polar surface area (TPSA) is 86.5 Å². The van der Waals surface area contributed by atoms with Crippen LogP contribution in [-0.4, -0.2) is 22.8 Å². The highest BCUT2D eigenvalue weighted by Crippen LogP contribution is 2.38. The van der Waals surface area contributed by atoms with E-state index >= 15 is 0 Å². The molecule has 3 rings (SSSR count). The first kappa shape index (κ1) is 13.5. The van der Waals surface area contributed by atoms with Crippen molar-refractivity contribution >= 4 is 23.5 Å². The molecule has 0 spiro atoms. The van der Waals surface area contributed by atoms with Gasteiger partial charge in [0.1, 0.15) is 11.9 Å². The summed E-state index contributed by atoms with van der Waals surface area (Å²) in [6.07, 6.45) is 2.82. The largest absolute Gasteiger partial charge is 0.458 e. The number of nitro groups is 1. The van der Waals surface area contributed by atoms with Crippen molar-refractivity contribution in [3.63, 3.8) is 0 Å². The van der Waals surface area contributed by atoms with Crippen molar-refractivity contribution in [3.05, 3.63) is 45.5 Å². The van der Waals surface area contributed by atoms with Gasteiger partial charge in [-0.3, -0.25) is 14.9 Å². The van der Waals surface area contributed by atoms with Crippen molar-refractivity contribution in [1.82, 2.24) is 0 Å². The fourth-order valence-electron chi connectivity index (χ4n) is 2.83. The predicted octanol–water partition coefficient (Wildman–Crippen LogP) is 2.27. The number of esters is 1. The van der Waals surface area contributed by atoms with Crippen LogP contribution >= 0.6 is 0 Å². The first-order valence-corrected chi connectivity index (χ1v) is 6.73. The number of ether oxygens (including phenoxy) is 1. The Kier molecular flexibility index (Phi) is 3.29. The minimum Gasteiger partial charge on any atom is -0.458 e. The number of carbonyl (C=O) groups is 2. The molecule has 1 saturated heterocycles. The molecule has 21 heavy (non-hydrogen) atoms. The maximum absolute atomic E-state index is 11.9. The molecule has 1 heterocycles. The zero-order valence-corrected chi connectivity index (χ0v) is 11.2. The Morgan fingerprint density at radius 1 is 1.24 bits per heavy atom. The van der Waals surface area contributed by atoms with Gasteiger partial charge in [-0.05, 0) is 30.2 Å². The molecule has 1 aromatic carbocycles. The van der Waals surface area contributed by atoms with E-state index in [1.54, 1.807) is 18.2 Å². The minimum atomic E-state index is -0.476. The Labute approximate surface area is 120 Å². The second-order valence-electron chi connectivity index (χ2n) is 5.28. The van der Waals surface area contributed by atoms with E-state index < -0.39 is 10.9 Å². The van der Waals surface area contributed by atoms with E-state index in [0.29, 0.717) is 30.4 Å². The van der Waals surface area contributed by atoms with Crippen molar-refractivity contribution in [2.45, 2.75) is 25.4 Å². The molecule has 2 fully saturated rings. The third kappa shape index (κ3) is 2.56. The second kappa shape index (κ2) is 5.12. The molecule has 0 N–H and O–H groups in total. The zero-order valence-electron chi connectivity index (χ0n) is 11.2. The number of nitrogens with zero attached hydrogens (tertiary/aromatic N) is 1. The molecule has 6 heteroatoms. The molecule has 0 amide bonds. The maximum atomic E-state index is 11.9. The molecule has 1 aliphatic heterocycles. The summed E-state index contributed by atoms with van der Waals surface area (Å²) < 4.78 is 5.29. The van der Waals surface area contributed by atoms with Crippen molar-refractivity contribution in [1.29, 1.82) is 0 Å². The third-order valence-corrected chi connectivity index (χ3v) is 3.92. The average Bonchev–Trinajstić information content (AvgIpc) is 2.76. The minimum absolute atomic E-state index is 0.00290. The third-order valence-electron chi connectivity index (χ3n) is 3.92. The van der Waals surface area contributed by atoms with Gasteiger partial charge in [-0.25, -0.2) is 4.79 Å². The van der Waals surface area contributed by atoms with Crippen molar-refractivity contribution in [2.24, 2.45) is 5.92 Å². The van der Waals surface area contributed by atoms with Crippen LogP contribution < -0.4 is 0 Å². The molecule has 1 saturated carbocycles. The Balaban J connectivity index is 1.88. The van der Waals surface area contributed by atoms with Crippen LogP contribution in [0.5, 0.6) is 0 Å². The van der Waals surface area contributed by atoms with Crippen LogP contribution in [0, 0.1) is 16.0 Å². The van der Waals surface area contributed by atoms with E-state index in [4.69, 9.17) is 4.74 Å². The summed E-state index contributed by atoms with van der Waals surface area (Å²) in [4.78, 5) is 33.6. The number of carbonyl (C=O) groups excluding carboxylic acids is 2. The molecule has 2 aliphatic rings. The fourth-order valence-corrected chi connectivity index (χ4v) is 2.83. The lowest BCUT2D eigenvalue weighted by Gasteiger charge is -2.21. The van der Waals surface area contributed by atoms with Gasteiger partial charge in [0.05, 0.1) is 4.92 Å². The molecule has 0 unspecified atom stereocenters. The number of benzene rings is 1. The number of hydrogen-bond donors (Lipinski definition) is 0. The molecule has 1 aromatic rings. The monoisotopic (exact) mass is 287 g/mol. The number of hydrogen-bond acceptors (Lipinski definition) is 5. The molecule has 0 radical (unpaired) electrons. The standard InChI is InChI=1S/C15H13NO5/c17-11-5-6-14-12(8-11)13(15(18)21-14)7-9-1-3-10(4-2-9)16(19)20/h1-4,7,12,14H,5-6,8H2/b13-7+/t12-,14-/m1/s1. The fraction of sp³-hybridized carbons (Fsp3) is 0.333. The highest BCUT2D eigenvalue weighted by atomic mass is 16.6. The Morgan fingerprint density at radius 2 is 1.95 bits per heavy atom. The summed E-state index contributed by atoms with van der Waals surface area (Å²) in [5.74, 6) is -0.434. The number of rotatable bonds is 2. The number of ketones is 1. The van der Waals surface area contributed by atoms with E-state index in [-0.39, 0.29) is 23.5 Å². The van der Waals surface area contributed by atoms with Gasteiger partial charge in [-0.2, -0.15) is 0 Å². The lowest BCUT2D eigenvalue weighted by molar-refractivity contribution is -0.384. The van der Waals surface area contributed by atoms with Crippen LogP contribution in [0.15, 0.2) is 29.8 Å². The van der Waals surface area contributed by atoms with Gasteiger partial charge in [0.2, 0.25) is 0 Å². The summed E-state index contributed by atoms with van der Waals surface area (Å²) in [6, 6.07) is 5.93. The number of non-ortho nitro benzene ring substituents is 1. The number of Topliss-reactive ketones (excluding diaryl/α,β-unsaturated/α-hetero) is 1. The highest BCUT2D eigenvalue weighted by molar-refractivity contribution is 5.98. The van der Waals surface area contributed by atoms with Crippen LogP contribution in [0.25, 0.3) is 6.08 Å². The van der Waals surface area contributed by atoms with Crippen LogP contribution in [-0.2, 0) is 14.3 Å². The molecule has 2 atom stereocenters. The molecule has 6 nitrogen and oxygen atoms in total. The predicted molar refractivity (Wildman–Crippen MR) is 73.3 cm³/mol. The molecule has 0 aromatic heterocycles. The number of fused-ring (bicyclic) bond motifs is 1. The maximum Gasteiger partial charge on any atom is 0.334 e. The molecule has 0 bridgehead atoms. The Hall–Kier alpha value is -2.50. The van der Waals surface area contributed by atoms with Crippen LogP contribution in [0.1, 0.15) is 24.8 Å². The molecular formula is C15H13NO5. The van der Waals surface area contributed by atoms with Gasteiger partial charge >= 0.3 is 5.97 Å². The van der Waals surface area contributed by atoms with E-state index in [2.05, 4.69) is 0 Å². The van der Waals surface area contributed by atoms with Crippen molar-refractivity contribution < 1.29 is 19.2 Å². The quantitative estimate of drug-likeness (QED) is 0.360. The number of nitro benzene ring substituents is 1. The molecular weight excluding hydrogens is 274 g/mol. The SMILES string of the molecule is O=C1CC[C@H]2OC(=O)/C(=C/c3ccc([N+](=O)[O-])cc3)[C@H]2C1. The normalized spacial score (nSPS) is 26.6. The van der Waals surface area contributed by atoms with E-state index in [9.17, 15) is 19.7 Å². The summed E-state index contributed by atoms with van der Waals surface area (Å²) >= 11 is 0. The first-order chi connectivity index (χ1) is 10.0. The summed E-state index contributed by atoms with van der Waals surface area (Å²) in [6.45, 7) is 0. The van der Waals surface area contributed by atoms with E-state index in [0.717, 1.165) is 0 Å². The Morgan fingerprint density at radius 3 is 2.62 bits per heavy atom. The van der Waals surface area contributed by atoms with Gasteiger partial charge in [-0.15, -0.1) is 0 Å². The van der Waals surface area contributed by atoms with E-state index in [1.165, 1.54) is 12.1 Å². The van der Waals surface area contributed by atoms with Crippen LogP contribution in [0.3, 0.4) is 0 Å². The first-order valence-electron chi connectivity index (χ1n) is 6.73. The molecule has 1 aliphatic carbocycles. The van der Waals surface area contributed by atoms with Gasteiger partial charge < -0.3 is 4.74 Å². The van der Waals surface area contributed by atoms with Crippen molar-refractivity contribution in [3.8, 4) is 0 Å². The zero-order chi connectivity index (χ0) is 15.0. The smallest absolute Gasteiger partial charge is 0.334 e. The molecule has 108 valence electrons. The van der Waals surface area contributed by atoms with Gasteiger partial charge in [0.25, 0.3) is 5.69 Å². The van der Waals surface area contributed by atoms with Gasteiger partial charge in [-0.1, -0.05) is 0 Å². The Bertz CT molecular complexity index is 647.